The van der Waals surface area contributed by atoms with Crippen LogP contribution in [0.5, 0.6) is 0 Å². The van der Waals surface area contributed by atoms with Gasteiger partial charge in [0.25, 0.3) is 0 Å². The van der Waals surface area contributed by atoms with Gasteiger partial charge in [0.2, 0.25) is 15.9 Å². The number of sulfonamides is 1. The van der Waals surface area contributed by atoms with Crippen LogP contribution in [0, 0.1) is 23.7 Å². The van der Waals surface area contributed by atoms with Gasteiger partial charge in [-0.3, -0.25) is 4.79 Å². The van der Waals surface area contributed by atoms with Crippen molar-refractivity contribution in [3.63, 3.8) is 0 Å². The Bertz CT molecular complexity index is 540. The Kier molecular flexibility index (Phi) is 5.02. The average Bonchev–Trinajstić information content (AvgIpc) is 3.18. The van der Waals surface area contributed by atoms with Crippen LogP contribution >= 0.6 is 0 Å². The third-order valence-electron chi connectivity index (χ3n) is 6.39. The van der Waals surface area contributed by atoms with E-state index in [1.807, 2.05) is 0 Å². The van der Waals surface area contributed by atoms with Gasteiger partial charge in [-0.25, -0.2) is 12.7 Å². The van der Waals surface area contributed by atoms with Crippen molar-refractivity contribution >= 4 is 15.9 Å². The summed E-state index contributed by atoms with van der Waals surface area (Å²) in [4.78, 5) is 12.5. The minimum atomic E-state index is -3.11. The minimum absolute atomic E-state index is 0.0284. The Morgan fingerprint density at radius 1 is 1.17 bits per heavy atom. The fourth-order valence-corrected chi connectivity index (χ4v) is 6.07. The van der Waals surface area contributed by atoms with Gasteiger partial charge in [-0.2, -0.15) is 0 Å². The van der Waals surface area contributed by atoms with E-state index in [4.69, 9.17) is 0 Å². The van der Waals surface area contributed by atoms with Gasteiger partial charge in [0.05, 0.1) is 5.75 Å². The van der Waals surface area contributed by atoms with Crippen molar-refractivity contribution in [2.75, 3.05) is 18.8 Å². The molecule has 6 heteroatoms. The van der Waals surface area contributed by atoms with Gasteiger partial charge < -0.3 is 5.32 Å². The highest BCUT2D eigenvalue weighted by Crippen LogP contribution is 2.49. The second-order valence-corrected chi connectivity index (χ2v) is 9.97. The van der Waals surface area contributed by atoms with Gasteiger partial charge in [0, 0.05) is 25.0 Å². The zero-order valence-electron chi connectivity index (χ0n) is 14.3. The third kappa shape index (κ3) is 3.58. The van der Waals surface area contributed by atoms with Crippen molar-refractivity contribution in [2.45, 2.75) is 58.4 Å². The molecule has 0 aromatic rings. The molecule has 3 fully saturated rings. The summed E-state index contributed by atoms with van der Waals surface area (Å²) in [7, 11) is -3.11. The monoisotopic (exact) mass is 342 g/mol. The number of rotatable bonds is 5. The van der Waals surface area contributed by atoms with Crippen molar-refractivity contribution in [1.29, 1.82) is 0 Å². The van der Waals surface area contributed by atoms with Gasteiger partial charge in [-0.15, -0.1) is 0 Å². The maximum absolute atomic E-state index is 12.5. The SMILES string of the molecule is CCS(=O)(=O)N1CCC(C(=O)N[C@H](C)[C@@H]2C[C@H]3CC[C@H]2C3)CC1. The molecule has 0 radical (unpaired) electrons. The zero-order chi connectivity index (χ0) is 16.6. The van der Waals surface area contributed by atoms with Crippen LogP contribution in [0.3, 0.4) is 0 Å². The summed E-state index contributed by atoms with van der Waals surface area (Å²) >= 11 is 0. The Hall–Kier alpha value is -0.620. The first-order chi connectivity index (χ1) is 10.9. The first-order valence-corrected chi connectivity index (χ1v) is 10.8. The number of hydrogen-bond donors (Lipinski definition) is 1. The highest BCUT2D eigenvalue weighted by molar-refractivity contribution is 7.89. The summed E-state index contributed by atoms with van der Waals surface area (Å²) in [6.45, 7) is 4.79. The lowest BCUT2D eigenvalue weighted by Gasteiger charge is -2.33. The van der Waals surface area contributed by atoms with E-state index in [0.29, 0.717) is 31.8 Å². The number of amides is 1. The largest absolute Gasteiger partial charge is 0.353 e. The molecule has 2 aliphatic carbocycles. The maximum atomic E-state index is 12.5. The molecule has 0 spiro atoms. The molecule has 0 unspecified atom stereocenters. The molecule has 1 heterocycles. The van der Waals surface area contributed by atoms with Gasteiger partial charge >= 0.3 is 0 Å². The van der Waals surface area contributed by atoms with E-state index in [-0.39, 0.29) is 23.6 Å². The second kappa shape index (κ2) is 6.71. The van der Waals surface area contributed by atoms with Crippen LogP contribution in [0.15, 0.2) is 0 Å². The van der Waals surface area contributed by atoms with Crippen LogP contribution in [0.4, 0.5) is 0 Å². The number of carbonyl (C=O) groups is 1. The molecule has 2 saturated carbocycles. The molecule has 5 nitrogen and oxygen atoms in total. The van der Waals surface area contributed by atoms with E-state index in [1.165, 1.54) is 30.0 Å². The molecule has 3 rings (SSSR count). The number of piperidine rings is 1. The second-order valence-electron chi connectivity index (χ2n) is 7.71. The average molecular weight is 343 g/mol. The summed E-state index contributed by atoms with van der Waals surface area (Å²) in [5.74, 6) is 2.61. The molecule has 0 aromatic carbocycles. The summed E-state index contributed by atoms with van der Waals surface area (Å²) in [5.41, 5.74) is 0. The third-order valence-corrected chi connectivity index (χ3v) is 8.27. The van der Waals surface area contributed by atoms with Crippen molar-refractivity contribution < 1.29 is 13.2 Å². The Morgan fingerprint density at radius 2 is 1.87 bits per heavy atom. The van der Waals surface area contributed by atoms with E-state index >= 15 is 0 Å². The topological polar surface area (TPSA) is 66.5 Å². The van der Waals surface area contributed by atoms with Crippen LogP contribution in [0.25, 0.3) is 0 Å². The van der Waals surface area contributed by atoms with E-state index in [9.17, 15) is 13.2 Å². The number of nitrogens with one attached hydrogen (secondary N) is 1. The molecular weight excluding hydrogens is 312 g/mol. The summed E-state index contributed by atoms with van der Waals surface area (Å²) in [6.07, 6.45) is 6.65. The van der Waals surface area contributed by atoms with Crippen LogP contribution in [0.1, 0.15) is 52.4 Å². The normalized spacial score (nSPS) is 33.7. The molecule has 132 valence electrons. The van der Waals surface area contributed by atoms with E-state index < -0.39 is 10.0 Å². The number of nitrogens with zero attached hydrogens (tertiary/aromatic N) is 1. The number of carbonyl (C=O) groups excluding carboxylic acids is 1. The number of hydrogen-bond acceptors (Lipinski definition) is 3. The highest BCUT2D eigenvalue weighted by atomic mass is 32.2. The van der Waals surface area contributed by atoms with E-state index in [1.54, 1.807) is 6.92 Å². The molecule has 1 saturated heterocycles. The lowest BCUT2D eigenvalue weighted by atomic mass is 9.83. The minimum Gasteiger partial charge on any atom is -0.353 e. The molecule has 3 aliphatic rings. The smallest absolute Gasteiger partial charge is 0.223 e. The summed E-state index contributed by atoms with van der Waals surface area (Å²) < 4.78 is 25.3. The van der Waals surface area contributed by atoms with Crippen LogP contribution in [-0.2, 0) is 14.8 Å². The van der Waals surface area contributed by atoms with E-state index in [0.717, 1.165) is 11.8 Å². The molecule has 2 bridgehead atoms. The van der Waals surface area contributed by atoms with E-state index in [2.05, 4.69) is 12.2 Å². The van der Waals surface area contributed by atoms with Crippen molar-refractivity contribution in [3.05, 3.63) is 0 Å². The lowest BCUT2D eigenvalue weighted by Crippen LogP contribution is -2.47. The molecule has 23 heavy (non-hydrogen) atoms. The molecule has 0 aromatic heterocycles. The van der Waals surface area contributed by atoms with Gasteiger partial charge in [-0.1, -0.05) is 6.42 Å². The van der Waals surface area contributed by atoms with Crippen molar-refractivity contribution in [1.82, 2.24) is 9.62 Å². The number of fused-ring (bicyclic) bond motifs is 2. The van der Waals surface area contributed by atoms with Crippen LogP contribution in [0.2, 0.25) is 0 Å². The molecule has 4 atom stereocenters. The first kappa shape index (κ1) is 17.2. The maximum Gasteiger partial charge on any atom is 0.223 e. The predicted octanol–water partition coefficient (Wildman–Crippen LogP) is 1.99. The first-order valence-electron chi connectivity index (χ1n) is 9.19. The Labute approximate surface area is 140 Å². The standard InChI is InChI=1S/C17H30N2O3S/c1-3-23(21,22)19-8-6-14(7-9-19)17(20)18-12(2)16-11-13-4-5-15(16)10-13/h12-16H,3-11H2,1-2H3,(H,18,20)/t12-,13+,15+,16+/m1/s1. The van der Waals surface area contributed by atoms with Crippen molar-refractivity contribution in [3.8, 4) is 0 Å². The molecular formula is C17H30N2O3S. The van der Waals surface area contributed by atoms with Gasteiger partial charge in [-0.05, 0) is 63.7 Å². The molecule has 1 N–H and O–H groups in total. The Morgan fingerprint density at radius 3 is 2.39 bits per heavy atom. The van der Waals surface area contributed by atoms with Crippen molar-refractivity contribution in [2.24, 2.45) is 23.7 Å². The fourth-order valence-electron chi connectivity index (χ4n) is 4.93. The summed E-state index contributed by atoms with van der Waals surface area (Å²) in [5, 5.41) is 3.24. The zero-order valence-corrected chi connectivity index (χ0v) is 15.1. The highest BCUT2D eigenvalue weighted by Gasteiger charge is 2.42. The summed E-state index contributed by atoms with van der Waals surface area (Å²) in [6, 6.07) is 0.259. The Balaban J connectivity index is 1.48. The van der Waals surface area contributed by atoms with Crippen LogP contribution < -0.4 is 5.32 Å². The molecule has 1 amide bonds. The fraction of sp³-hybridized carbons (Fsp3) is 0.941. The quantitative estimate of drug-likeness (QED) is 0.831. The lowest BCUT2D eigenvalue weighted by molar-refractivity contribution is -0.127. The predicted molar refractivity (Wildman–Crippen MR) is 90.3 cm³/mol. The van der Waals surface area contributed by atoms with Gasteiger partial charge in [0.15, 0.2) is 0 Å². The van der Waals surface area contributed by atoms with Crippen LogP contribution in [-0.4, -0.2) is 43.5 Å². The molecule has 1 aliphatic heterocycles. The van der Waals surface area contributed by atoms with Gasteiger partial charge in [0.1, 0.15) is 0 Å².